The van der Waals surface area contributed by atoms with Crippen molar-refractivity contribution in [3.63, 3.8) is 0 Å². The Morgan fingerprint density at radius 1 is 1.00 bits per heavy atom. The van der Waals surface area contributed by atoms with Gasteiger partial charge in [-0.3, -0.25) is 4.79 Å². The Labute approximate surface area is 91.0 Å². The minimum Gasteiger partial charge on any atom is -0.364 e. The Kier molecular flexibility index (Phi) is 3.08. The molecule has 5 heteroatoms. The zero-order chi connectivity index (χ0) is 11.2. The maximum atomic E-state index is 11.3. The van der Waals surface area contributed by atoms with Crippen LogP contribution in [0.15, 0.2) is 45.9 Å². The van der Waals surface area contributed by atoms with Crippen LogP contribution in [0.4, 0.5) is 0 Å². The second-order valence-corrected chi connectivity index (χ2v) is 2.92. The average Bonchev–Trinajstić information content (AvgIpc) is 2.96. The number of rotatable bonds is 4. The quantitative estimate of drug-likeness (QED) is 0.730. The maximum Gasteiger partial charge on any atom is 0.178 e. The molecule has 0 bridgehead atoms. The molecular weight excluding hydrogens is 208 g/mol. The van der Waals surface area contributed by atoms with Gasteiger partial charge in [0.25, 0.3) is 0 Å². The highest BCUT2D eigenvalue weighted by Gasteiger charge is 1.94. The summed E-state index contributed by atoms with van der Waals surface area (Å²) in [6, 6.07) is 3.32. The van der Waals surface area contributed by atoms with Gasteiger partial charge in [-0.05, 0) is 24.3 Å². The van der Waals surface area contributed by atoms with E-state index in [1.54, 1.807) is 24.3 Å². The molecule has 0 amide bonds. The standard InChI is InChI=1S/C11H8N2O3/c14-11(3-1-9-5-7-15-12-9)4-2-10-6-8-16-13-10/h1-8H. The van der Waals surface area contributed by atoms with Crippen LogP contribution in [0.1, 0.15) is 11.4 Å². The van der Waals surface area contributed by atoms with Gasteiger partial charge in [-0.25, -0.2) is 0 Å². The van der Waals surface area contributed by atoms with Gasteiger partial charge in [0.05, 0.1) is 0 Å². The van der Waals surface area contributed by atoms with Crippen LogP contribution in [0.5, 0.6) is 0 Å². The fraction of sp³-hybridized carbons (Fsp3) is 0. The third-order valence-electron chi connectivity index (χ3n) is 1.75. The van der Waals surface area contributed by atoms with Crippen molar-refractivity contribution in [2.24, 2.45) is 0 Å². The Hall–Kier alpha value is -2.43. The molecule has 2 aromatic rings. The summed E-state index contributed by atoms with van der Waals surface area (Å²) >= 11 is 0. The Morgan fingerprint density at radius 3 is 1.88 bits per heavy atom. The Bertz CT molecular complexity index is 449. The molecule has 2 heterocycles. The molecule has 0 unspecified atom stereocenters. The topological polar surface area (TPSA) is 69.1 Å². The lowest BCUT2D eigenvalue weighted by Gasteiger charge is -1.82. The van der Waals surface area contributed by atoms with Crippen molar-refractivity contribution in [1.29, 1.82) is 0 Å². The number of allylic oxidation sites excluding steroid dienone is 2. The first-order chi connectivity index (χ1) is 7.84. The normalized spacial score (nSPS) is 11.5. The number of carbonyl (C=O) groups excluding carboxylic acids is 1. The fourth-order valence-corrected chi connectivity index (χ4v) is 1.01. The van der Waals surface area contributed by atoms with E-state index >= 15 is 0 Å². The first-order valence-corrected chi connectivity index (χ1v) is 4.55. The molecule has 5 nitrogen and oxygen atoms in total. The number of hydrogen-bond acceptors (Lipinski definition) is 5. The number of nitrogens with zero attached hydrogens (tertiary/aromatic N) is 2. The van der Waals surface area contributed by atoms with Crippen molar-refractivity contribution in [2.45, 2.75) is 0 Å². The van der Waals surface area contributed by atoms with Crippen molar-refractivity contribution in [3.8, 4) is 0 Å². The molecule has 0 aromatic carbocycles. The summed E-state index contributed by atoms with van der Waals surface area (Å²) < 4.78 is 9.23. The molecule has 0 spiro atoms. The van der Waals surface area contributed by atoms with Gasteiger partial charge in [-0.2, -0.15) is 0 Å². The summed E-state index contributed by atoms with van der Waals surface area (Å²) in [5.74, 6) is -0.161. The molecule has 0 saturated carbocycles. The van der Waals surface area contributed by atoms with Gasteiger partial charge in [-0.15, -0.1) is 0 Å². The van der Waals surface area contributed by atoms with E-state index in [-0.39, 0.29) is 5.78 Å². The van der Waals surface area contributed by atoms with E-state index in [0.29, 0.717) is 11.4 Å². The SMILES string of the molecule is O=C(C=Cc1ccon1)C=Cc1ccon1. The van der Waals surface area contributed by atoms with E-state index < -0.39 is 0 Å². The van der Waals surface area contributed by atoms with Gasteiger partial charge in [0, 0.05) is 12.1 Å². The summed E-state index contributed by atoms with van der Waals surface area (Å²) in [4.78, 5) is 11.3. The first-order valence-electron chi connectivity index (χ1n) is 4.55. The highest BCUT2D eigenvalue weighted by molar-refractivity contribution is 6.04. The lowest BCUT2D eigenvalue weighted by Crippen LogP contribution is -1.84. The number of carbonyl (C=O) groups is 1. The molecule has 0 saturated heterocycles. The summed E-state index contributed by atoms with van der Waals surface area (Å²) in [5.41, 5.74) is 1.20. The third kappa shape index (κ3) is 2.78. The van der Waals surface area contributed by atoms with Gasteiger partial charge in [0.2, 0.25) is 0 Å². The van der Waals surface area contributed by atoms with E-state index in [0.717, 1.165) is 0 Å². The van der Waals surface area contributed by atoms with Crippen LogP contribution in [-0.4, -0.2) is 16.1 Å². The predicted octanol–water partition coefficient (Wildman–Crippen LogP) is 1.96. The van der Waals surface area contributed by atoms with E-state index in [2.05, 4.69) is 19.4 Å². The van der Waals surface area contributed by atoms with Crippen LogP contribution in [0.3, 0.4) is 0 Å². The highest BCUT2D eigenvalue weighted by atomic mass is 16.5. The molecule has 16 heavy (non-hydrogen) atoms. The molecule has 80 valence electrons. The van der Waals surface area contributed by atoms with Gasteiger partial charge >= 0.3 is 0 Å². The van der Waals surface area contributed by atoms with Gasteiger partial charge < -0.3 is 9.05 Å². The van der Waals surface area contributed by atoms with E-state index in [9.17, 15) is 4.79 Å². The molecule has 0 aliphatic rings. The van der Waals surface area contributed by atoms with E-state index in [1.165, 1.54) is 24.7 Å². The smallest absolute Gasteiger partial charge is 0.178 e. The van der Waals surface area contributed by atoms with Gasteiger partial charge in [0.1, 0.15) is 23.9 Å². The van der Waals surface area contributed by atoms with Crippen molar-refractivity contribution in [1.82, 2.24) is 10.3 Å². The first kappa shape index (κ1) is 10.1. The third-order valence-corrected chi connectivity index (χ3v) is 1.75. The fourth-order valence-electron chi connectivity index (χ4n) is 1.01. The molecule has 0 aliphatic heterocycles. The summed E-state index contributed by atoms with van der Waals surface area (Å²) in [6.45, 7) is 0. The van der Waals surface area contributed by atoms with E-state index in [4.69, 9.17) is 0 Å². The molecule has 0 N–H and O–H groups in total. The van der Waals surface area contributed by atoms with Crippen molar-refractivity contribution < 1.29 is 13.8 Å². The average molecular weight is 216 g/mol. The molecule has 0 atom stereocenters. The van der Waals surface area contributed by atoms with Crippen LogP contribution in [0.2, 0.25) is 0 Å². The Balaban J connectivity index is 1.94. The lowest BCUT2D eigenvalue weighted by molar-refractivity contribution is -0.110. The maximum absolute atomic E-state index is 11.3. The van der Waals surface area contributed by atoms with Crippen molar-refractivity contribution >= 4 is 17.9 Å². The predicted molar refractivity (Wildman–Crippen MR) is 56.1 cm³/mol. The molecule has 0 radical (unpaired) electrons. The van der Waals surface area contributed by atoms with Gasteiger partial charge in [0.15, 0.2) is 5.78 Å². The molecule has 2 aromatic heterocycles. The van der Waals surface area contributed by atoms with Gasteiger partial charge in [-0.1, -0.05) is 10.3 Å². The highest BCUT2D eigenvalue weighted by Crippen LogP contribution is 2.00. The van der Waals surface area contributed by atoms with E-state index in [1.807, 2.05) is 0 Å². The second kappa shape index (κ2) is 4.88. The second-order valence-electron chi connectivity index (χ2n) is 2.92. The van der Waals surface area contributed by atoms with Crippen LogP contribution >= 0.6 is 0 Å². The van der Waals surface area contributed by atoms with Crippen molar-refractivity contribution in [2.75, 3.05) is 0 Å². The number of ketones is 1. The lowest BCUT2D eigenvalue weighted by atomic mass is 10.2. The monoisotopic (exact) mass is 216 g/mol. The number of aromatic nitrogens is 2. The molecule has 0 aliphatic carbocycles. The number of hydrogen-bond donors (Lipinski definition) is 0. The summed E-state index contributed by atoms with van der Waals surface area (Å²) in [6.07, 6.45) is 8.81. The minimum absolute atomic E-state index is 0.161. The van der Waals surface area contributed by atoms with Crippen LogP contribution < -0.4 is 0 Å². The largest absolute Gasteiger partial charge is 0.364 e. The van der Waals surface area contributed by atoms with Crippen LogP contribution in [0.25, 0.3) is 12.2 Å². The molecular formula is C11H8N2O3. The summed E-state index contributed by atoms with van der Waals surface area (Å²) in [7, 11) is 0. The van der Waals surface area contributed by atoms with Crippen LogP contribution in [0, 0.1) is 0 Å². The van der Waals surface area contributed by atoms with Crippen molar-refractivity contribution in [3.05, 3.63) is 48.2 Å². The molecule has 0 fully saturated rings. The summed E-state index contributed by atoms with van der Waals surface area (Å²) in [5, 5.41) is 7.27. The Morgan fingerprint density at radius 2 is 1.50 bits per heavy atom. The zero-order valence-electron chi connectivity index (χ0n) is 8.24. The molecule has 2 rings (SSSR count). The minimum atomic E-state index is -0.161. The van der Waals surface area contributed by atoms with Crippen LogP contribution in [-0.2, 0) is 4.79 Å². The zero-order valence-corrected chi connectivity index (χ0v) is 8.24.